The van der Waals surface area contributed by atoms with E-state index in [0.717, 1.165) is 13.0 Å². The van der Waals surface area contributed by atoms with E-state index < -0.39 is 0 Å². The van der Waals surface area contributed by atoms with Crippen LogP contribution in [0.1, 0.15) is 31.2 Å². The van der Waals surface area contributed by atoms with Crippen molar-refractivity contribution in [2.24, 2.45) is 5.73 Å². The van der Waals surface area contributed by atoms with Gasteiger partial charge in [0.2, 0.25) is 0 Å². The number of piperidine rings is 1. The first kappa shape index (κ1) is 19.8. The number of nitrogens with zero attached hydrogens (tertiary/aromatic N) is 3. The van der Waals surface area contributed by atoms with Crippen molar-refractivity contribution in [2.75, 3.05) is 31.5 Å². The summed E-state index contributed by atoms with van der Waals surface area (Å²) in [5, 5.41) is 13.0. The van der Waals surface area contributed by atoms with E-state index in [1.54, 1.807) is 24.4 Å². The van der Waals surface area contributed by atoms with Gasteiger partial charge in [0.15, 0.2) is 0 Å². The molecule has 2 aromatic heterocycles. The van der Waals surface area contributed by atoms with Gasteiger partial charge in [-0.05, 0) is 57.1 Å². The normalized spacial score (nSPS) is 15.4. The van der Waals surface area contributed by atoms with Gasteiger partial charge < -0.3 is 21.4 Å². The molecule has 0 atom stereocenters. The Morgan fingerprint density at radius 1 is 1.25 bits per heavy atom. The Morgan fingerprint density at radius 3 is 2.82 bits per heavy atom. The van der Waals surface area contributed by atoms with Gasteiger partial charge in [0.05, 0.1) is 11.0 Å². The third kappa shape index (κ3) is 5.26. The molecule has 0 spiro atoms. The zero-order valence-corrected chi connectivity index (χ0v) is 15.9. The predicted octanol–water partition coefficient (Wildman–Crippen LogP) is 2.58. The highest BCUT2D eigenvalue weighted by atomic mass is 16.2. The average Bonchev–Trinajstić information content (AvgIpc) is 2.73. The summed E-state index contributed by atoms with van der Waals surface area (Å²) in [7, 11) is 0. The van der Waals surface area contributed by atoms with Crippen LogP contribution in [0.4, 0.5) is 10.6 Å². The highest BCUT2D eigenvalue weighted by molar-refractivity contribution is 6.08. The van der Waals surface area contributed by atoms with Crippen LogP contribution in [0.25, 0.3) is 16.6 Å². The van der Waals surface area contributed by atoms with Crippen LogP contribution in [0, 0.1) is 5.41 Å². The molecule has 3 rings (SSSR count). The van der Waals surface area contributed by atoms with Crippen LogP contribution in [-0.2, 0) is 0 Å². The van der Waals surface area contributed by atoms with Crippen molar-refractivity contribution in [3.05, 3.63) is 36.2 Å². The number of carbonyl (C=O) groups is 1. The summed E-state index contributed by atoms with van der Waals surface area (Å²) in [4.78, 5) is 23.3. The van der Waals surface area contributed by atoms with Crippen LogP contribution >= 0.6 is 0 Å². The largest absolute Gasteiger partial charge is 0.404 e. The number of carbonyl (C=O) groups excluding carboxylic acids is 1. The van der Waals surface area contributed by atoms with E-state index in [2.05, 4.69) is 25.5 Å². The van der Waals surface area contributed by atoms with E-state index in [1.807, 2.05) is 0 Å². The molecule has 0 bridgehead atoms. The molecule has 1 fully saturated rings. The maximum absolute atomic E-state index is 12.1. The van der Waals surface area contributed by atoms with Crippen LogP contribution in [0.3, 0.4) is 0 Å². The molecule has 5 N–H and O–H groups in total. The molecule has 0 saturated carbocycles. The Kier molecular flexibility index (Phi) is 6.91. The summed E-state index contributed by atoms with van der Waals surface area (Å²) >= 11 is 0. The van der Waals surface area contributed by atoms with E-state index in [9.17, 15) is 4.79 Å². The summed E-state index contributed by atoms with van der Waals surface area (Å²) in [5.74, 6) is 0.452. The van der Waals surface area contributed by atoms with Crippen LogP contribution in [0.5, 0.6) is 0 Å². The van der Waals surface area contributed by atoms with Crippen molar-refractivity contribution in [1.82, 2.24) is 20.2 Å². The van der Waals surface area contributed by atoms with Gasteiger partial charge >= 0.3 is 6.03 Å². The van der Waals surface area contributed by atoms with Crippen molar-refractivity contribution in [3.63, 3.8) is 0 Å². The molecule has 28 heavy (non-hydrogen) atoms. The minimum atomic E-state index is -0.267. The second-order valence-electron chi connectivity index (χ2n) is 6.86. The second kappa shape index (κ2) is 9.80. The van der Waals surface area contributed by atoms with Gasteiger partial charge in [-0.25, -0.2) is 9.78 Å². The zero-order valence-electron chi connectivity index (χ0n) is 15.9. The molecule has 0 aromatic carbocycles. The number of amides is 2. The lowest BCUT2D eigenvalue weighted by Crippen LogP contribution is -2.34. The smallest absolute Gasteiger partial charge is 0.320 e. The number of urea groups is 1. The Bertz CT molecular complexity index is 859. The number of pyridine rings is 2. The number of allylic oxidation sites excluding steroid dienone is 1. The summed E-state index contributed by atoms with van der Waals surface area (Å²) in [6.45, 7) is 3.99. The SMILES string of the molecule is N=C/C(=C\N)c1cnc2ccc(NC(=O)NCCCN3CCCCC3)nc2c1. The molecule has 2 amide bonds. The molecular weight excluding hydrogens is 354 g/mol. The highest BCUT2D eigenvalue weighted by Crippen LogP contribution is 2.18. The average molecular weight is 381 g/mol. The minimum Gasteiger partial charge on any atom is -0.404 e. The molecule has 8 nitrogen and oxygen atoms in total. The molecule has 1 saturated heterocycles. The van der Waals surface area contributed by atoms with Crippen molar-refractivity contribution < 1.29 is 4.79 Å². The molecule has 8 heteroatoms. The standard InChI is InChI=1S/C20H27N7O/c21-12-16(13-22)15-11-18-17(24-14-15)5-6-19(25-18)26-20(28)23-7-4-10-27-8-2-1-3-9-27/h5-6,11-14,21H,1-4,7-10,22H2,(H2,23,25,26,28)/b16-13+,21-12?. The first-order valence-electron chi connectivity index (χ1n) is 9.66. The summed E-state index contributed by atoms with van der Waals surface area (Å²) in [5.41, 5.74) is 8.13. The van der Waals surface area contributed by atoms with Gasteiger partial charge in [-0.15, -0.1) is 0 Å². The first-order valence-corrected chi connectivity index (χ1v) is 9.66. The van der Waals surface area contributed by atoms with Crippen molar-refractivity contribution in [3.8, 4) is 0 Å². The molecule has 1 aliphatic heterocycles. The van der Waals surface area contributed by atoms with Crippen LogP contribution in [0.15, 0.2) is 30.6 Å². The van der Waals surface area contributed by atoms with Gasteiger partial charge in [-0.3, -0.25) is 10.3 Å². The van der Waals surface area contributed by atoms with Crippen LogP contribution in [-0.4, -0.2) is 53.3 Å². The van der Waals surface area contributed by atoms with Crippen molar-refractivity contribution in [2.45, 2.75) is 25.7 Å². The Morgan fingerprint density at radius 2 is 2.07 bits per heavy atom. The van der Waals surface area contributed by atoms with E-state index in [0.29, 0.717) is 34.5 Å². The lowest BCUT2D eigenvalue weighted by atomic mass is 10.1. The molecular formula is C20H27N7O. The summed E-state index contributed by atoms with van der Waals surface area (Å²) in [6.07, 6.45) is 9.00. The van der Waals surface area contributed by atoms with Gasteiger partial charge in [-0.1, -0.05) is 6.42 Å². The minimum absolute atomic E-state index is 0.267. The molecule has 0 radical (unpaired) electrons. The number of hydrogen-bond acceptors (Lipinski definition) is 6. The number of rotatable bonds is 7. The maximum Gasteiger partial charge on any atom is 0.320 e. The van der Waals surface area contributed by atoms with E-state index >= 15 is 0 Å². The maximum atomic E-state index is 12.1. The number of anilines is 1. The molecule has 0 aliphatic carbocycles. The van der Waals surface area contributed by atoms with Crippen molar-refractivity contribution >= 4 is 34.7 Å². The molecule has 0 unspecified atom stereocenters. The Labute approximate surface area is 164 Å². The molecule has 1 aliphatic rings. The van der Waals surface area contributed by atoms with E-state index in [4.69, 9.17) is 11.1 Å². The lowest BCUT2D eigenvalue weighted by Gasteiger charge is -2.26. The monoisotopic (exact) mass is 381 g/mol. The fourth-order valence-electron chi connectivity index (χ4n) is 3.31. The number of hydrogen-bond donors (Lipinski definition) is 4. The number of aromatic nitrogens is 2. The third-order valence-electron chi connectivity index (χ3n) is 4.83. The number of fused-ring (bicyclic) bond motifs is 1. The number of likely N-dealkylation sites (tertiary alicyclic amines) is 1. The second-order valence-corrected chi connectivity index (χ2v) is 6.86. The number of nitrogens with two attached hydrogens (primary N) is 1. The zero-order chi connectivity index (χ0) is 19.8. The highest BCUT2D eigenvalue weighted by Gasteiger charge is 2.10. The fraction of sp³-hybridized carbons (Fsp3) is 0.400. The van der Waals surface area contributed by atoms with E-state index in [-0.39, 0.29) is 6.03 Å². The Hall–Kier alpha value is -3.00. The lowest BCUT2D eigenvalue weighted by molar-refractivity contribution is 0.224. The van der Waals surface area contributed by atoms with Gasteiger partial charge in [0, 0.05) is 36.3 Å². The van der Waals surface area contributed by atoms with Gasteiger partial charge in [0.25, 0.3) is 0 Å². The summed E-state index contributed by atoms with van der Waals surface area (Å²) in [6, 6.07) is 5.05. The van der Waals surface area contributed by atoms with E-state index in [1.165, 1.54) is 44.8 Å². The van der Waals surface area contributed by atoms with Crippen molar-refractivity contribution in [1.29, 1.82) is 5.41 Å². The topological polar surface area (TPSA) is 120 Å². The Balaban J connectivity index is 1.54. The summed E-state index contributed by atoms with van der Waals surface area (Å²) < 4.78 is 0. The van der Waals surface area contributed by atoms with Crippen LogP contribution < -0.4 is 16.4 Å². The number of nitrogens with one attached hydrogen (secondary N) is 3. The van der Waals surface area contributed by atoms with Gasteiger partial charge in [0.1, 0.15) is 5.82 Å². The van der Waals surface area contributed by atoms with Gasteiger partial charge in [-0.2, -0.15) is 0 Å². The first-order chi connectivity index (χ1) is 13.7. The molecule has 3 heterocycles. The predicted molar refractivity (Wildman–Crippen MR) is 112 cm³/mol. The molecule has 148 valence electrons. The fourth-order valence-corrected chi connectivity index (χ4v) is 3.31. The molecule has 2 aromatic rings. The third-order valence-corrected chi connectivity index (χ3v) is 4.83. The van der Waals surface area contributed by atoms with Crippen LogP contribution in [0.2, 0.25) is 0 Å². The quantitative estimate of drug-likeness (QED) is 0.434.